The third-order valence-corrected chi connectivity index (χ3v) is 9.03. The van der Waals surface area contributed by atoms with E-state index in [0.717, 1.165) is 12.8 Å². The molecular formula is C25H36N6O6S. The van der Waals surface area contributed by atoms with Crippen molar-refractivity contribution < 1.29 is 23.2 Å². The minimum Gasteiger partial charge on any atom is -0.493 e. The lowest BCUT2D eigenvalue weighted by Gasteiger charge is -2.31. The van der Waals surface area contributed by atoms with Crippen molar-refractivity contribution in [3.63, 3.8) is 0 Å². The van der Waals surface area contributed by atoms with Gasteiger partial charge in [-0.25, -0.2) is 24.3 Å². The van der Waals surface area contributed by atoms with Gasteiger partial charge in [-0.05, 0) is 56.7 Å². The van der Waals surface area contributed by atoms with Gasteiger partial charge in [0, 0.05) is 26.6 Å². The van der Waals surface area contributed by atoms with Crippen molar-refractivity contribution in [2.75, 3.05) is 31.8 Å². The van der Waals surface area contributed by atoms with E-state index in [4.69, 9.17) is 14.9 Å². The number of aromatic nitrogens is 2. The van der Waals surface area contributed by atoms with Crippen LogP contribution in [-0.2, 0) is 14.8 Å². The molecule has 4 N–H and O–H groups in total. The van der Waals surface area contributed by atoms with Crippen LogP contribution in [0.1, 0.15) is 64.1 Å². The zero-order valence-electron chi connectivity index (χ0n) is 22.0. The number of aromatic amines is 1. The standard InChI is InChI=1S/C25H36N6O6S/c1-4-6-19-22-23(30(3)28-19)25(33)27-24(26-22)18-15-17(8-9-20(18)37-5-2)38(35,36)31-13-11-16(12-14-31)7-10-21(32)29-34/h8-9,15-16,19,28,34H,4-7,10-14H2,1-3H3,(H,29,32)(H,26,27,33). The molecule has 38 heavy (non-hydrogen) atoms. The van der Waals surface area contributed by atoms with Gasteiger partial charge in [0.05, 0.1) is 28.8 Å². The van der Waals surface area contributed by atoms with E-state index in [0.29, 0.717) is 61.7 Å². The highest BCUT2D eigenvalue weighted by atomic mass is 32.2. The quantitative estimate of drug-likeness (QED) is 0.258. The summed E-state index contributed by atoms with van der Waals surface area (Å²) in [5.41, 5.74) is 6.06. The summed E-state index contributed by atoms with van der Waals surface area (Å²) in [5.74, 6) is 0.455. The highest BCUT2D eigenvalue weighted by Crippen LogP contribution is 2.36. The van der Waals surface area contributed by atoms with Crippen LogP contribution >= 0.6 is 0 Å². The molecule has 1 amide bonds. The zero-order chi connectivity index (χ0) is 27.4. The van der Waals surface area contributed by atoms with Gasteiger partial charge in [0.15, 0.2) is 0 Å². The smallest absolute Gasteiger partial charge is 0.276 e. The first kappa shape index (κ1) is 28.0. The number of carbonyl (C=O) groups excluding carboxylic acids is 1. The van der Waals surface area contributed by atoms with Crippen molar-refractivity contribution in [3.8, 4) is 17.1 Å². The molecule has 1 unspecified atom stereocenters. The molecule has 1 fully saturated rings. The Morgan fingerprint density at radius 1 is 1.24 bits per heavy atom. The van der Waals surface area contributed by atoms with E-state index < -0.39 is 15.9 Å². The van der Waals surface area contributed by atoms with Gasteiger partial charge in [0.2, 0.25) is 15.9 Å². The number of hydroxylamine groups is 1. The van der Waals surface area contributed by atoms with Crippen molar-refractivity contribution >= 4 is 21.6 Å². The number of amides is 1. The molecule has 0 radical (unpaired) electrons. The molecule has 0 saturated carbocycles. The predicted octanol–water partition coefficient (Wildman–Crippen LogP) is 2.32. The van der Waals surface area contributed by atoms with Crippen LogP contribution in [0, 0.1) is 5.92 Å². The van der Waals surface area contributed by atoms with Gasteiger partial charge in [0.1, 0.15) is 17.3 Å². The van der Waals surface area contributed by atoms with E-state index in [1.165, 1.54) is 16.4 Å². The lowest BCUT2D eigenvalue weighted by atomic mass is 9.93. The topological polar surface area (TPSA) is 157 Å². The van der Waals surface area contributed by atoms with Crippen molar-refractivity contribution in [1.82, 2.24) is 25.2 Å². The van der Waals surface area contributed by atoms with Crippen LogP contribution in [-0.4, -0.2) is 60.5 Å². The van der Waals surface area contributed by atoms with E-state index in [9.17, 15) is 18.0 Å². The Balaban J connectivity index is 1.63. The molecule has 0 spiro atoms. The second kappa shape index (κ2) is 11.8. The number of anilines is 1. The van der Waals surface area contributed by atoms with Crippen LogP contribution in [0.15, 0.2) is 27.9 Å². The predicted molar refractivity (Wildman–Crippen MR) is 141 cm³/mol. The van der Waals surface area contributed by atoms with Crippen LogP contribution < -0.4 is 26.2 Å². The SMILES string of the molecule is CCCC1NN(C)c2c1nc(-c1cc(S(=O)(=O)N3CCC(CCC(=O)NO)CC3)ccc1OCC)[nH]c2=O. The first-order valence-electron chi connectivity index (χ1n) is 13.0. The third kappa shape index (κ3) is 5.70. The number of fused-ring (bicyclic) bond motifs is 1. The molecule has 1 aromatic heterocycles. The Bertz CT molecular complexity index is 1320. The Morgan fingerprint density at radius 2 is 1.97 bits per heavy atom. The molecule has 1 aromatic carbocycles. The number of ether oxygens (including phenoxy) is 1. The number of carbonyl (C=O) groups is 1. The molecule has 0 bridgehead atoms. The first-order chi connectivity index (χ1) is 18.2. The molecule has 2 aliphatic heterocycles. The normalized spacial score (nSPS) is 18.4. The van der Waals surface area contributed by atoms with Crippen LogP contribution in [0.4, 0.5) is 5.69 Å². The van der Waals surface area contributed by atoms with E-state index in [2.05, 4.69) is 17.3 Å². The second-order valence-corrected chi connectivity index (χ2v) is 11.6. The van der Waals surface area contributed by atoms with Gasteiger partial charge in [-0.15, -0.1) is 0 Å². The Kier molecular flexibility index (Phi) is 8.71. The van der Waals surface area contributed by atoms with Crippen molar-refractivity contribution in [2.45, 2.75) is 63.3 Å². The lowest BCUT2D eigenvalue weighted by molar-refractivity contribution is -0.129. The number of hydrogen-bond acceptors (Lipinski definition) is 9. The molecule has 13 heteroatoms. The molecule has 12 nitrogen and oxygen atoms in total. The molecule has 2 aromatic rings. The number of hydrazine groups is 1. The summed E-state index contributed by atoms with van der Waals surface area (Å²) in [6.07, 6.45) is 3.74. The number of H-pyrrole nitrogens is 1. The fraction of sp³-hybridized carbons (Fsp3) is 0.560. The molecule has 4 rings (SSSR count). The van der Waals surface area contributed by atoms with Gasteiger partial charge in [-0.2, -0.15) is 4.31 Å². The third-order valence-electron chi connectivity index (χ3n) is 7.14. The molecule has 1 saturated heterocycles. The van der Waals surface area contributed by atoms with Crippen LogP contribution in [0.3, 0.4) is 0 Å². The number of benzene rings is 1. The van der Waals surface area contributed by atoms with Crippen molar-refractivity contribution in [3.05, 3.63) is 34.2 Å². The maximum atomic E-state index is 13.6. The maximum Gasteiger partial charge on any atom is 0.276 e. The largest absolute Gasteiger partial charge is 0.493 e. The first-order valence-corrected chi connectivity index (χ1v) is 14.5. The van der Waals surface area contributed by atoms with Gasteiger partial charge >= 0.3 is 0 Å². The van der Waals surface area contributed by atoms with Gasteiger partial charge in [-0.3, -0.25) is 14.8 Å². The molecule has 1 atom stereocenters. The fourth-order valence-electron chi connectivity index (χ4n) is 5.14. The minimum absolute atomic E-state index is 0.0950. The van der Waals surface area contributed by atoms with Gasteiger partial charge in [0.25, 0.3) is 5.56 Å². The van der Waals surface area contributed by atoms with Gasteiger partial charge < -0.3 is 14.7 Å². The monoisotopic (exact) mass is 548 g/mol. The number of hydrogen-bond donors (Lipinski definition) is 4. The van der Waals surface area contributed by atoms with E-state index in [1.54, 1.807) is 23.6 Å². The van der Waals surface area contributed by atoms with E-state index >= 15 is 0 Å². The second-order valence-electron chi connectivity index (χ2n) is 9.69. The van der Waals surface area contributed by atoms with Crippen LogP contribution in [0.2, 0.25) is 0 Å². The average molecular weight is 549 g/mol. The average Bonchev–Trinajstić information content (AvgIpc) is 3.23. The van der Waals surface area contributed by atoms with Crippen molar-refractivity contribution in [1.29, 1.82) is 0 Å². The van der Waals surface area contributed by atoms with Crippen molar-refractivity contribution in [2.24, 2.45) is 5.92 Å². The summed E-state index contributed by atoms with van der Waals surface area (Å²) < 4.78 is 34.4. The Morgan fingerprint density at radius 3 is 2.63 bits per heavy atom. The number of sulfonamides is 1. The maximum absolute atomic E-state index is 13.6. The van der Waals surface area contributed by atoms with Crippen LogP contribution in [0.5, 0.6) is 5.75 Å². The summed E-state index contributed by atoms with van der Waals surface area (Å²) >= 11 is 0. The highest BCUT2D eigenvalue weighted by molar-refractivity contribution is 7.89. The molecule has 3 heterocycles. The summed E-state index contributed by atoms with van der Waals surface area (Å²) in [6.45, 7) is 4.92. The minimum atomic E-state index is -3.82. The zero-order valence-corrected chi connectivity index (χ0v) is 22.8. The van der Waals surface area contributed by atoms with Crippen LogP contribution in [0.25, 0.3) is 11.4 Å². The molecule has 0 aliphatic carbocycles. The summed E-state index contributed by atoms with van der Waals surface area (Å²) in [6, 6.07) is 4.52. The summed E-state index contributed by atoms with van der Waals surface area (Å²) in [5, 5.41) is 10.4. The number of nitrogens with zero attached hydrogens (tertiary/aromatic N) is 3. The molecule has 208 valence electrons. The fourth-order valence-corrected chi connectivity index (χ4v) is 6.64. The number of nitrogens with one attached hydrogen (secondary N) is 3. The Labute approximate surface area is 222 Å². The highest BCUT2D eigenvalue weighted by Gasteiger charge is 2.33. The summed E-state index contributed by atoms with van der Waals surface area (Å²) in [7, 11) is -2.04. The van der Waals surface area contributed by atoms with E-state index in [1.807, 2.05) is 6.92 Å². The number of rotatable bonds is 10. The number of piperidine rings is 1. The van der Waals surface area contributed by atoms with Gasteiger partial charge in [-0.1, -0.05) is 13.3 Å². The molecular weight excluding hydrogens is 512 g/mol. The Hall–Kier alpha value is -3.00. The lowest BCUT2D eigenvalue weighted by Crippen LogP contribution is -2.38. The van der Waals surface area contributed by atoms with E-state index in [-0.39, 0.29) is 34.7 Å². The summed E-state index contributed by atoms with van der Waals surface area (Å²) in [4.78, 5) is 32.0. The molecule has 2 aliphatic rings.